The molecule has 0 saturated heterocycles. The highest BCUT2D eigenvalue weighted by Gasteiger charge is 2.57. The summed E-state index contributed by atoms with van der Waals surface area (Å²) in [5.41, 5.74) is 8.07. The number of fused-ring (bicyclic) bond motifs is 5. The van der Waals surface area contributed by atoms with Crippen LogP contribution in [0.5, 0.6) is 0 Å². The van der Waals surface area contributed by atoms with E-state index >= 15 is 0 Å². The summed E-state index contributed by atoms with van der Waals surface area (Å²) in [7, 11) is 5.81. The van der Waals surface area contributed by atoms with E-state index in [1.54, 1.807) is 17.5 Å². The van der Waals surface area contributed by atoms with Crippen LogP contribution in [-0.4, -0.2) is 61.2 Å². The van der Waals surface area contributed by atoms with Crippen LogP contribution in [0.3, 0.4) is 0 Å². The van der Waals surface area contributed by atoms with Crippen molar-refractivity contribution in [1.82, 2.24) is 20.3 Å². The minimum atomic E-state index is -0.308. The summed E-state index contributed by atoms with van der Waals surface area (Å²) in [6.07, 6.45) is 16.9. The fourth-order valence-corrected chi connectivity index (χ4v) is 8.00. The van der Waals surface area contributed by atoms with E-state index in [9.17, 15) is 4.79 Å². The first kappa shape index (κ1) is 25.5. The van der Waals surface area contributed by atoms with Crippen LogP contribution >= 0.6 is 0 Å². The summed E-state index contributed by atoms with van der Waals surface area (Å²) >= 11 is 0. The Labute approximate surface area is 217 Å². The van der Waals surface area contributed by atoms with Crippen LogP contribution in [0.4, 0.5) is 4.79 Å². The third-order valence-electron chi connectivity index (χ3n) is 10.2. The molecule has 1 aromatic rings. The Morgan fingerprint density at radius 1 is 1.11 bits per heavy atom. The molecule has 2 fully saturated rings. The molecule has 1 unspecified atom stereocenters. The largest absolute Gasteiger partial charge is 0.428 e. The summed E-state index contributed by atoms with van der Waals surface area (Å²) in [5.74, 6) is 2.27. The molecule has 196 valence electrons. The maximum absolute atomic E-state index is 12.4. The van der Waals surface area contributed by atoms with Gasteiger partial charge in [-0.15, -0.1) is 5.48 Å². The Bertz CT molecular complexity index is 1020. The van der Waals surface area contributed by atoms with E-state index in [4.69, 9.17) is 4.84 Å². The van der Waals surface area contributed by atoms with Gasteiger partial charge in [0.05, 0.1) is 6.04 Å². The highest BCUT2D eigenvalue weighted by Crippen LogP contribution is 2.66. The molecule has 6 nitrogen and oxygen atoms in total. The van der Waals surface area contributed by atoms with Crippen LogP contribution in [0.25, 0.3) is 5.57 Å². The smallest absolute Gasteiger partial charge is 0.353 e. The number of nitrogens with zero attached hydrogens (tertiary/aromatic N) is 3. The van der Waals surface area contributed by atoms with Crippen molar-refractivity contribution >= 4 is 11.7 Å². The molecule has 4 aliphatic rings. The summed E-state index contributed by atoms with van der Waals surface area (Å²) in [5, 5.41) is 0. The number of allylic oxidation sites excluding steroid dienone is 3. The van der Waals surface area contributed by atoms with Gasteiger partial charge in [-0.25, -0.2) is 4.79 Å². The molecule has 1 amide bonds. The van der Waals surface area contributed by atoms with Gasteiger partial charge in [-0.2, -0.15) is 0 Å². The second-order valence-electron chi connectivity index (χ2n) is 12.4. The van der Waals surface area contributed by atoms with Gasteiger partial charge in [0.1, 0.15) is 0 Å². The van der Waals surface area contributed by atoms with Crippen LogP contribution in [0.2, 0.25) is 0 Å². The van der Waals surface area contributed by atoms with Crippen LogP contribution in [-0.2, 0) is 4.84 Å². The van der Waals surface area contributed by atoms with Crippen LogP contribution < -0.4 is 5.48 Å². The molecule has 0 spiro atoms. The fourth-order valence-electron chi connectivity index (χ4n) is 8.00. The molecular weight excluding hydrogens is 448 g/mol. The molecule has 1 N–H and O–H groups in total. The van der Waals surface area contributed by atoms with Crippen molar-refractivity contribution < 1.29 is 9.63 Å². The first-order valence-corrected chi connectivity index (χ1v) is 13.9. The van der Waals surface area contributed by atoms with Gasteiger partial charge in [0.15, 0.2) is 0 Å². The van der Waals surface area contributed by atoms with Crippen LogP contribution in [0.1, 0.15) is 64.4 Å². The van der Waals surface area contributed by atoms with E-state index in [0.717, 1.165) is 37.1 Å². The molecule has 0 aromatic carbocycles. The molecule has 1 aromatic heterocycles. The number of carbonyl (C=O) groups is 1. The predicted molar refractivity (Wildman–Crippen MR) is 144 cm³/mol. The number of hydrogen-bond acceptors (Lipinski definition) is 5. The first-order chi connectivity index (χ1) is 17.2. The van der Waals surface area contributed by atoms with Gasteiger partial charge >= 0.3 is 6.09 Å². The van der Waals surface area contributed by atoms with Crippen molar-refractivity contribution in [3.63, 3.8) is 0 Å². The molecule has 6 heteroatoms. The van der Waals surface area contributed by atoms with Gasteiger partial charge in [-0.3, -0.25) is 4.98 Å². The topological polar surface area (TPSA) is 57.7 Å². The van der Waals surface area contributed by atoms with Crippen molar-refractivity contribution in [3.05, 3.63) is 47.8 Å². The normalized spacial score (nSPS) is 35.3. The summed E-state index contributed by atoms with van der Waals surface area (Å²) in [6.45, 7) is 6.52. The summed E-state index contributed by atoms with van der Waals surface area (Å²) in [4.78, 5) is 26.0. The number of aromatic nitrogens is 1. The standard InChI is InChI=1S/C30H44N4O2/c1-29-14-12-23(32-36-28(35)34(5)18-17-33(3)4)19-22(29)8-9-24-26-11-10-25(21-7-6-16-31-20-21)30(26,2)15-13-27(24)29/h6-7,10,16,19-20,23-24,26-27,32H,8-9,11-15,17-18H2,1-5H3/t23?,24-,26+,27+,29+,30-/m1/s1. The lowest BCUT2D eigenvalue weighted by Gasteiger charge is -2.58. The molecule has 4 aliphatic carbocycles. The van der Waals surface area contributed by atoms with Crippen LogP contribution in [0.15, 0.2) is 42.3 Å². The first-order valence-electron chi connectivity index (χ1n) is 13.9. The third kappa shape index (κ3) is 4.51. The van der Waals surface area contributed by atoms with Crippen molar-refractivity contribution in [2.75, 3.05) is 34.2 Å². The maximum Gasteiger partial charge on any atom is 0.428 e. The van der Waals surface area contributed by atoms with E-state index in [-0.39, 0.29) is 23.0 Å². The molecule has 6 atom stereocenters. The van der Waals surface area contributed by atoms with Crippen molar-refractivity contribution in [3.8, 4) is 0 Å². The van der Waals surface area contributed by atoms with E-state index < -0.39 is 0 Å². The zero-order valence-corrected chi connectivity index (χ0v) is 22.8. The molecule has 0 aliphatic heterocycles. The third-order valence-corrected chi connectivity index (χ3v) is 10.2. The van der Waals surface area contributed by atoms with Gasteiger partial charge in [0.25, 0.3) is 0 Å². The van der Waals surface area contributed by atoms with E-state index in [0.29, 0.717) is 6.54 Å². The van der Waals surface area contributed by atoms with Crippen molar-refractivity contribution in [1.29, 1.82) is 0 Å². The number of hydrogen-bond donors (Lipinski definition) is 1. The number of pyridine rings is 1. The number of likely N-dealkylation sites (N-methyl/N-ethyl adjacent to an activating group) is 2. The minimum Gasteiger partial charge on any atom is -0.353 e. The van der Waals surface area contributed by atoms with Gasteiger partial charge < -0.3 is 14.6 Å². The molecular formula is C30H44N4O2. The highest BCUT2D eigenvalue weighted by atomic mass is 16.7. The van der Waals surface area contributed by atoms with Crippen molar-refractivity contribution in [2.45, 2.75) is 64.8 Å². The van der Waals surface area contributed by atoms with Gasteiger partial charge in [0, 0.05) is 32.5 Å². The molecule has 5 rings (SSSR count). The SMILES string of the molecule is CN(C)CCN(C)C(=O)ONC1C=C2CC[C@H]3[C@H](CC[C@]4(C)C(c5cccnc5)=CC[C@@H]34)[C@@]2(C)CC1. The van der Waals surface area contributed by atoms with Gasteiger partial charge in [0.2, 0.25) is 0 Å². The Morgan fingerprint density at radius 3 is 2.67 bits per heavy atom. The van der Waals surface area contributed by atoms with E-state index in [2.05, 4.69) is 59.7 Å². The number of amides is 1. The van der Waals surface area contributed by atoms with Gasteiger partial charge in [-0.1, -0.05) is 37.6 Å². The Balaban J connectivity index is 1.24. The lowest BCUT2D eigenvalue weighted by Crippen LogP contribution is -2.51. The average Bonchev–Trinajstić information content (AvgIpc) is 3.23. The zero-order chi connectivity index (χ0) is 25.5. The number of nitrogens with one attached hydrogen (secondary N) is 1. The summed E-state index contributed by atoms with van der Waals surface area (Å²) < 4.78 is 0. The molecule has 1 heterocycles. The van der Waals surface area contributed by atoms with Crippen LogP contribution in [0, 0.1) is 28.6 Å². The highest BCUT2D eigenvalue weighted by molar-refractivity contribution is 5.72. The maximum atomic E-state index is 12.4. The van der Waals surface area contributed by atoms with Crippen molar-refractivity contribution in [2.24, 2.45) is 28.6 Å². The second-order valence-corrected chi connectivity index (χ2v) is 12.4. The molecule has 0 bridgehead atoms. The second kappa shape index (κ2) is 9.94. The Morgan fingerprint density at radius 2 is 1.92 bits per heavy atom. The predicted octanol–water partition coefficient (Wildman–Crippen LogP) is 5.54. The number of carbonyl (C=O) groups excluding carboxylic acids is 1. The zero-order valence-electron chi connectivity index (χ0n) is 22.8. The molecule has 36 heavy (non-hydrogen) atoms. The number of rotatable bonds is 6. The molecule has 2 saturated carbocycles. The van der Waals surface area contributed by atoms with E-state index in [1.807, 2.05) is 20.3 Å². The molecule has 0 radical (unpaired) electrons. The fraction of sp³-hybridized carbons (Fsp3) is 0.667. The Kier molecular flexibility index (Phi) is 7.03. The lowest BCUT2D eigenvalue weighted by molar-refractivity contribution is -0.0272. The Hall–Kier alpha value is -2.18. The van der Waals surface area contributed by atoms with Gasteiger partial charge in [-0.05, 0) is 105 Å². The average molecular weight is 493 g/mol. The monoisotopic (exact) mass is 492 g/mol. The summed E-state index contributed by atoms with van der Waals surface area (Å²) in [6, 6.07) is 4.42. The van der Waals surface area contributed by atoms with E-state index in [1.165, 1.54) is 43.2 Å². The quantitative estimate of drug-likeness (QED) is 0.417. The minimum absolute atomic E-state index is 0.106. The number of hydroxylamine groups is 1. The lowest BCUT2D eigenvalue weighted by atomic mass is 9.46.